The molecule has 3 nitrogen and oxygen atoms in total. The molecule has 4 heteroatoms. The molecule has 0 heterocycles. The van der Waals surface area contributed by atoms with Crippen LogP contribution in [0.25, 0.3) is 0 Å². The van der Waals surface area contributed by atoms with Gasteiger partial charge in [0.2, 0.25) is 0 Å². The van der Waals surface area contributed by atoms with Crippen LogP contribution in [0.5, 0.6) is 0 Å². The summed E-state index contributed by atoms with van der Waals surface area (Å²) in [6, 6.07) is 21.3. The van der Waals surface area contributed by atoms with Crippen molar-refractivity contribution in [1.82, 2.24) is 0 Å². The Kier molecular flexibility index (Phi) is 8.67. The zero-order valence-electron chi connectivity index (χ0n) is 18.6. The van der Waals surface area contributed by atoms with E-state index in [2.05, 4.69) is 93.3 Å². The lowest BCUT2D eigenvalue weighted by Gasteiger charge is -2.43. The van der Waals surface area contributed by atoms with Gasteiger partial charge in [-0.2, -0.15) is 0 Å². The second kappa shape index (κ2) is 10.8. The number of hydrogen-bond donors (Lipinski definition) is 0. The molecule has 0 spiro atoms. The van der Waals surface area contributed by atoms with Crippen LogP contribution in [0, 0.1) is 17.8 Å². The first-order chi connectivity index (χ1) is 13.9. The first-order valence-corrected chi connectivity index (χ1v) is 12.0. The van der Waals surface area contributed by atoms with Crippen molar-refractivity contribution in [2.45, 2.75) is 45.4 Å². The Labute approximate surface area is 177 Å². The monoisotopic (exact) mass is 410 g/mol. The van der Waals surface area contributed by atoms with E-state index >= 15 is 0 Å². The van der Waals surface area contributed by atoms with E-state index in [1.807, 2.05) is 6.92 Å². The van der Waals surface area contributed by atoms with Crippen LogP contribution in [-0.4, -0.2) is 35.4 Å². The van der Waals surface area contributed by atoms with E-state index in [0.717, 1.165) is 0 Å². The first kappa shape index (κ1) is 23.4. The lowest BCUT2D eigenvalue weighted by Crippen LogP contribution is -2.66. The SMILES string of the molecule is CC#C[C@H](CO[Si](c1ccccc1)(c1ccccc1)C(C)(C)C)CC(OC)OC. The molecule has 0 bridgehead atoms. The van der Waals surface area contributed by atoms with Crippen molar-refractivity contribution in [3.63, 3.8) is 0 Å². The largest absolute Gasteiger partial charge is 0.406 e. The van der Waals surface area contributed by atoms with Gasteiger partial charge >= 0.3 is 0 Å². The molecule has 0 aliphatic rings. The minimum Gasteiger partial charge on any atom is -0.406 e. The van der Waals surface area contributed by atoms with Gasteiger partial charge in [0.05, 0.1) is 0 Å². The van der Waals surface area contributed by atoms with E-state index in [-0.39, 0.29) is 17.2 Å². The summed E-state index contributed by atoms with van der Waals surface area (Å²) >= 11 is 0. The van der Waals surface area contributed by atoms with Crippen molar-refractivity contribution in [3.05, 3.63) is 60.7 Å². The van der Waals surface area contributed by atoms with Gasteiger partial charge in [-0.3, -0.25) is 0 Å². The molecule has 0 saturated heterocycles. The summed E-state index contributed by atoms with van der Waals surface area (Å²) in [4.78, 5) is 0. The summed E-state index contributed by atoms with van der Waals surface area (Å²) in [6.45, 7) is 9.26. The molecule has 0 radical (unpaired) electrons. The maximum Gasteiger partial charge on any atom is 0.261 e. The van der Waals surface area contributed by atoms with Crippen LogP contribution in [0.3, 0.4) is 0 Å². The zero-order valence-corrected chi connectivity index (χ0v) is 19.6. The Balaban J connectivity index is 2.48. The fourth-order valence-electron chi connectivity index (χ4n) is 3.88. The summed E-state index contributed by atoms with van der Waals surface area (Å²) in [7, 11) is 0.759. The Morgan fingerprint density at radius 3 is 1.72 bits per heavy atom. The molecule has 156 valence electrons. The lowest BCUT2D eigenvalue weighted by molar-refractivity contribution is -0.112. The molecule has 2 aromatic rings. The van der Waals surface area contributed by atoms with Crippen LogP contribution >= 0.6 is 0 Å². The van der Waals surface area contributed by atoms with Crippen molar-refractivity contribution >= 4 is 18.7 Å². The molecule has 0 unspecified atom stereocenters. The maximum absolute atomic E-state index is 7.00. The van der Waals surface area contributed by atoms with Crippen molar-refractivity contribution < 1.29 is 13.9 Å². The first-order valence-electron chi connectivity index (χ1n) is 10.1. The Morgan fingerprint density at radius 1 is 0.862 bits per heavy atom. The maximum atomic E-state index is 7.00. The highest BCUT2D eigenvalue weighted by Crippen LogP contribution is 2.37. The van der Waals surface area contributed by atoms with Crippen LogP contribution in [0.2, 0.25) is 5.04 Å². The summed E-state index contributed by atoms with van der Waals surface area (Å²) in [5, 5.41) is 2.50. The fraction of sp³-hybridized carbons (Fsp3) is 0.440. The van der Waals surface area contributed by atoms with E-state index in [1.54, 1.807) is 14.2 Å². The fourth-order valence-corrected chi connectivity index (χ4v) is 8.49. The predicted octanol–water partition coefficient (Wildman–Crippen LogP) is 4.21. The van der Waals surface area contributed by atoms with Crippen molar-refractivity contribution in [2.24, 2.45) is 5.92 Å². The number of rotatable bonds is 9. The third-order valence-electron chi connectivity index (χ3n) is 5.27. The van der Waals surface area contributed by atoms with E-state index in [4.69, 9.17) is 13.9 Å². The van der Waals surface area contributed by atoms with Gasteiger partial charge in [-0.25, -0.2) is 0 Å². The quantitative estimate of drug-likeness (QED) is 0.352. The van der Waals surface area contributed by atoms with Crippen molar-refractivity contribution in [3.8, 4) is 11.8 Å². The van der Waals surface area contributed by atoms with E-state index in [9.17, 15) is 0 Å². The molecule has 1 atom stereocenters. The smallest absolute Gasteiger partial charge is 0.261 e. The molecule has 0 fully saturated rings. The molecule has 0 aliphatic heterocycles. The Bertz CT molecular complexity index is 744. The third kappa shape index (κ3) is 5.58. The van der Waals surface area contributed by atoms with Crippen LogP contribution < -0.4 is 10.4 Å². The molecular weight excluding hydrogens is 376 g/mol. The molecule has 0 saturated carbocycles. The van der Waals surface area contributed by atoms with E-state index in [1.165, 1.54) is 10.4 Å². The number of hydrogen-bond acceptors (Lipinski definition) is 3. The molecule has 2 rings (SSSR count). The normalized spacial score (nSPS) is 13.1. The highest BCUT2D eigenvalue weighted by molar-refractivity contribution is 6.99. The molecule has 29 heavy (non-hydrogen) atoms. The van der Waals surface area contributed by atoms with Crippen LogP contribution in [0.4, 0.5) is 0 Å². The van der Waals surface area contributed by atoms with Crippen molar-refractivity contribution in [1.29, 1.82) is 0 Å². The molecule has 0 amide bonds. The zero-order chi connectivity index (χ0) is 21.3. The number of benzene rings is 2. The lowest BCUT2D eigenvalue weighted by atomic mass is 10.1. The van der Waals surface area contributed by atoms with E-state index < -0.39 is 8.32 Å². The Morgan fingerprint density at radius 2 is 1.34 bits per heavy atom. The second-order valence-corrected chi connectivity index (χ2v) is 12.5. The molecule has 0 aromatic heterocycles. The third-order valence-corrected chi connectivity index (χ3v) is 10.3. The number of methoxy groups -OCH3 is 2. The van der Waals surface area contributed by atoms with Gasteiger partial charge in [0.15, 0.2) is 6.29 Å². The highest BCUT2D eigenvalue weighted by Gasteiger charge is 2.50. The standard InChI is InChI=1S/C25H34O3Si/c1-7-14-21(19-24(26-5)27-6)20-28-29(25(2,3)4,22-15-10-8-11-16-22)23-17-12-9-13-18-23/h8-13,15-18,21,24H,19-20H2,1-6H3/t21-/m0/s1. The van der Waals surface area contributed by atoms with Gasteiger partial charge in [-0.1, -0.05) is 87.4 Å². The predicted molar refractivity (Wildman–Crippen MR) is 123 cm³/mol. The highest BCUT2D eigenvalue weighted by atomic mass is 28.4. The van der Waals surface area contributed by atoms with Gasteiger partial charge in [0.1, 0.15) is 0 Å². The topological polar surface area (TPSA) is 27.7 Å². The minimum absolute atomic E-state index is 0.0338. The molecule has 2 aromatic carbocycles. The van der Waals surface area contributed by atoms with E-state index in [0.29, 0.717) is 13.0 Å². The van der Waals surface area contributed by atoms with Crippen LogP contribution in [-0.2, 0) is 13.9 Å². The summed E-state index contributed by atoms with van der Waals surface area (Å²) in [6.07, 6.45) is 0.384. The summed E-state index contributed by atoms with van der Waals surface area (Å²) < 4.78 is 17.8. The molecular formula is C25H34O3Si. The molecule has 0 N–H and O–H groups in total. The van der Waals surface area contributed by atoms with Gasteiger partial charge in [0, 0.05) is 33.2 Å². The number of ether oxygens (including phenoxy) is 2. The van der Waals surface area contributed by atoms with Gasteiger partial charge < -0.3 is 13.9 Å². The van der Waals surface area contributed by atoms with Gasteiger partial charge in [-0.05, 0) is 22.3 Å². The second-order valence-electron chi connectivity index (χ2n) is 8.20. The summed E-state index contributed by atoms with van der Waals surface area (Å²) in [5.41, 5.74) is 0. The average molecular weight is 411 g/mol. The molecule has 0 aliphatic carbocycles. The average Bonchev–Trinajstić information content (AvgIpc) is 2.72. The minimum atomic E-state index is -2.56. The van der Waals surface area contributed by atoms with Gasteiger partial charge in [-0.15, -0.1) is 5.92 Å². The Hall–Kier alpha value is -1.90. The van der Waals surface area contributed by atoms with Crippen LogP contribution in [0.1, 0.15) is 34.1 Å². The summed E-state index contributed by atoms with van der Waals surface area (Å²) in [5.74, 6) is 6.38. The van der Waals surface area contributed by atoms with Crippen LogP contribution in [0.15, 0.2) is 60.7 Å². The van der Waals surface area contributed by atoms with Crippen molar-refractivity contribution in [2.75, 3.05) is 20.8 Å². The van der Waals surface area contributed by atoms with Gasteiger partial charge in [0.25, 0.3) is 8.32 Å².